The van der Waals surface area contributed by atoms with E-state index in [1.165, 1.54) is 0 Å². The van der Waals surface area contributed by atoms with Gasteiger partial charge in [-0.1, -0.05) is 7.43 Å². The van der Waals surface area contributed by atoms with Gasteiger partial charge in [0.25, 0.3) is 0 Å². The van der Waals surface area contributed by atoms with Crippen molar-refractivity contribution < 1.29 is 22.2 Å². The van der Waals surface area contributed by atoms with E-state index < -0.39 is 10.4 Å². The minimum absolute atomic E-state index is 0. The Morgan fingerprint density at radius 2 is 1.14 bits per heavy atom. The van der Waals surface area contributed by atoms with Crippen LogP contribution in [0.15, 0.2) is 0 Å². The molecule has 0 bridgehead atoms. The van der Waals surface area contributed by atoms with Crippen molar-refractivity contribution in [1.29, 1.82) is 0 Å². The van der Waals surface area contributed by atoms with Gasteiger partial charge in [-0.15, -0.1) is 0 Å². The zero-order valence-electron chi connectivity index (χ0n) is 2.53. The summed E-state index contributed by atoms with van der Waals surface area (Å²) < 4.78 is 31.6. The Labute approximate surface area is 41.1 Å². The smallest absolute Gasteiger partial charge is 0.269 e. The summed E-state index contributed by atoms with van der Waals surface area (Å²) in [4.78, 5) is 0. The lowest BCUT2D eigenvalue weighted by Crippen LogP contribution is -1.89. The average molecular weight is 134 g/mol. The number of rotatable bonds is 0. The second-order valence-corrected chi connectivity index (χ2v) is 1.34. The Bertz CT molecular complexity index is 94.9. The first-order valence-electron chi connectivity index (χ1n) is 0.698. The van der Waals surface area contributed by atoms with Gasteiger partial charge >= 0.3 is 10.4 Å². The van der Waals surface area contributed by atoms with E-state index in [2.05, 4.69) is 0 Å². The van der Waals surface area contributed by atoms with Crippen molar-refractivity contribution in [1.82, 2.24) is 0 Å². The van der Waals surface area contributed by atoms with Gasteiger partial charge in [0, 0.05) is 0 Å². The lowest BCUT2D eigenvalue weighted by atomic mass is 12.0. The van der Waals surface area contributed by atoms with Crippen LogP contribution in [0.1, 0.15) is 7.43 Å². The zero-order chi connectivity index (χ0) is 4.50. The van der Waals surface area contributed by atoms with Gasteiger partial charge in [0.2, 0.25) is 0 Å². The van der Waals surface area contributed by atoms with E-state index in [9.17, 15) is 0 Å². The van der Waals surface area contributed by atoms with Crippen LogP contribution in [-0.2, 0) is 10.4 Å². The summed E-state index contributed by atoms with van der Waals surface area (Å²) in [6.07, 6.45) is 0. The Morgan fingerprint density at radius 3 is 1.14 bits per heavy atom. The van der Waals surface area contributed by atoms with Gasteiger partial charge in [-0.3, -0.25) is 13.8 Å². The molecule has 0 aliphatic rings. The molecule has 0 spiro atoms. The van der Waals surface area contributed by atoms with Gasteiger partial charge in [-0.05, 0) is 0 Å². The van der Waals surface area contributed by atoms with Crippen LogP contribution in [0.5, 0.6) is 0 Å². The minimum Gasteiger partial charge on any atom is -0.269 e. The van der Waals surface area contributed by atoms with Crippen LogP contribution in [0.25, 0.3) is 0 Å². The summed E-state index contributed by atoms with van der Waals surface area (Å²) in [6.45, 7) is 0. The van der Waals surface area contributed by atoms with Crippen LogP contribution in [-0.4, -0.2) is 17.5 Å². The van der Waals surface area contributed by atoms with Gasteiger partial charge < -0.3 is 0 Å². The molecule has 7 heavy (non-hydrogen) atoms. The molecule has 0 saturated heterocycles. The van der Waals surface area contributed by atoms with Crippen LogP contribution in [0.4, 0.5) is 4.70 Å². The molecular weight excluding hydrogens is 127 g/mol. The largest absolute Gasteiger partial charge is 0.394 e. The van der Waals surface area contributed by atoms with Gasteiger partial charge in [0.1, 0.15) is 0 Å². The third kappa shape index (κ3) is 2090. The summed E-state index contributed by atoms with van der Waals surface area (Å²) in [6, 6.07) is 0. The molecule has 0 atom stereocenters. The SMILES string of the molecule is C.F.O=S(=O)(O)O. The van der Waals surface area contributed by atoms with Crippen molar-refractivity contribution in [3.63, 3.8) is 0 Å². The van der Waals surface area contributed by atoms with Crippen molar-refractivity contribution in [2.24, 2.45) is 0 Å². The highest BCUT2D eigenvalue weighted by Gasteiger charge is 1.84. The molecule has 0 amide bonds. The van der Waals surface area contributed by atoms with Gasteiger partial charge in [0.15, 0.2) is 0 Å². The van der Waals surface area contributed by atoms with E-state index in [4.69, 9.17) is 17.5 Å². The topological polar surface area (TPSA) is 74.6 Å². The van der Waals surface area contributed by atoms with Gasteiger partial charge in [0.05, 0.1) is 0 Å². The fourth-order valence-electron chi connectivity index (χ4n) is 0. The Kier molecular flexibility index (Phi) is 8.99. The summed E-state index contributed by atoms with van der Waals surface area (Å²) in [7, 11) is -4.67. The monoisotopic (exact) mass is 134 g/mol. The van der Waals surface area contributed by atoms with Crippen LogP contribution < -0.4 is 0 Å². The molecule has 2 N–H and O–H groups in total. The fourth-order valence-corrected chi connectivity index (χ4v) is 0. The molecule has 0 fully saturated rings. The fraction of sp³-hybridized carbons (Fsp3) is 1.00. The molecule has 0 aromatic rings. The summed E-state index contributed by atoms with van der Waals surface area (Å²) >= 11 is 0. The van der Waals surface area contributed by atoms with E-state index in [-0.39, 0.29) is 12.1 Å². The predicted molar refractivity (Wildman–Crippen MR) is 23.4 cm³/mol. The third-order valence-corrected chi connectivity index (χ3v) is 0. The lowest BCUT2D eigenvalue weighted by molar-refractivity contribution is 0.381. The third-order valence-electron chi connectivity index (χ3n) is 0. The molecule has 0 saturated carbocycles. The number of halogens is 1. The molecule has 0 aromatic carbocycles. The molecule has 0 unspecified atom stereocenters. The maximum atomic E-state index is 8.74. The normalized spacial score (nSPS) is 8.29. The Morgan fingerprint density at radius 1 is 1.14 bits per heavy atom. The molecule has 0 radical (unpaired) electrons. The molecule has 0 aromatic heterocycles. The molecule has 0 aliphatic carbocycles. The molecule has 0 rings (SSSR count). The second kappa shape index (κ2) is 3.97. The Hall–Kier alpha value is -0.200. The highest BCUT2D eigenvalue weighted by Crippen LogP contribution is 1.59. The first kappa shape index (κ1) is 15.8. The van der Waals surface area contributed by atoms with Crippen LogP contribution in [0, 0.1) is 0 Å². The van der Waals surface area contributed by atoms with E-state index in [0.717, 1.165) is 0 Å². The summed E-state index contributed by atoms with van der Waals surface area (Å²) in [5, 5.41) is 0. The van der Waals surface area contributed by atoms with Gasteiger partial charge in [-0.2, -0.15) is 8.42 Å². The van der Waals surface area contributed by atoms with E-state index in [0.29, 0.717) is 0 Å². The van der Waals surface area contributed by atoms with Crippen LogP contribution in [0.3, 0.4) is 0 Å². The molecule has 0 aliphatic heterocycles. The average Bonchev–Trinajstić information content (AvgIpc) is 0.722. The zero-order valence-corrected chi connectivity index (χ0v) is 3.34. The first-order valence-corrected chi connectivity index (χ1v) is 2.10. The summed E-state index contributed by atoms with van der Waals surface area (Å²) in [5.74, 6) is 0. The molecular formula is CH7FO4S. The minimum atomic E-state index is -4.67. The van der Waals surface area contributed by atoms with E-state index >= 15 is 0 Å². The molecule has 4 nitrogen and oxygen atoms in total. The predicted octanol–water partition coefficient (Wildman–Crippen LogP) is 0.136. The van der Waals surface area contributed by atoms with Crippen molar-refractivity contribution in [3.05, 3.63) is 0 Å². The standard InChI is InChI=1S/CH4.FH.H2O4S/c;;1-5(2,3)4/h1H4;1H;(H2,1,2,3,4). The second-order valence-electron chi connectivity index (χ2n) is 0.448. The van der Waals surface area contributed by atoms with E-state index in [1.54, 1.807) is 0 Å². The van der Waals surface area contributed by atoms with Crippen molar-refractivity contribution in [3.8, 4) is 0 Å². The molecule has 0 heterocycles. The van der Waals surface area contributed by atoms with Crippen LogP contribution in [0.2, 0.25) is 0 Å². The maximum absolute atomic E-state index is 8.74. The number of hydrogen-bond donors (Lipinski definition) is 2. The van der Waals surface area contributed by atoms with Crippen molar-refractivity contribution in [2.45, 2.75) is 7.43 Å². The Balaban J connectivity index is -0.0000000800. The lowest BCUT2D eigenvalue weighted by Gasteiger charge is -1.68. The summed E-state index contributed by atoms with van der Waals surface area (Å²) in [5.41, 5.74) is 0. The molecule has 48 valence electrons. The van der Waals surface area contributed by atoms with Crippen molar-refractivity contribution in [2.75, 3.05) is 0 Å². The highest BCUT2D eigenvalue weighted by molar-refractivity contribution is 7.79. The van der Waals surface area contributed by atoms with Crippen LogP contribution >= 0.6 is 0 Å². The number of hydrogen-bond acceptors (Lipinski definition) is 2. The maximum Gasteiger partial charge on any atom is 0.394 e. The van der Waals surface area contributed by atoms with Crippen molar-refractivity contribution >= 4 is 10.4 Å². The first-order chi connectivity index (χ1) is 2.00. The highest BCUT2D eigenvalue weighted by atomic mass is 32.3. The van der Waals surface area contributed by atoms with E-state index in [1.807, 2.05) is 0 Å². The quantitative estimate of drug-likeness (QED) is 0.462. The molecule has 6 heteroatoms. The van der Waals surface area contributed by atoms with Gasteiger partial charge in [-0.25, -0.2) is 0 Å².